The number of halogens is 1. The number of esters is 2. The third kappa shape index (κ3) is 5.10. The minimum absolute atomic E-state index is 0.164. The number of benzene rings is 3. The Labute approximate surface area is 206 Å². The van der Waals surface area contributed by atoms with Gasteiger partial charge < -0.3 is 14.2 Å². The Morgan fingerprint density at radius 3 is 2.62 bits per heavy atom. The molecule has 0 amide bonds. The van der Waals surface area contributed by atoms with Gasteiger partial charge in [-0.1, -0.05) is 35.9 Å². The van der Waals surface area contributed by atoms with Gasteiger partial charge in [-0.15, -0.1) is 0 Å². The van der Waals surface area contributed by atoms with Crippen LogP contribution in [0.25, 0.3) is 6.08 Å². The standard InChI is InChI=1S/C27H22BrNO5/c1-4-32-23-15-18(13-21(28)24(23)33-26(30)19-10-7-8-16(2)12-19)14-22-27(31)34-25(29-22)20-11-6-5-9-17(20)3/h5-15H,4H2,1-3H3/b22-14-. The van der Waals surface area contributed by atoms with E-state index in [1.54, 1.807) is 36.4 Å². The Hall–Kier alpha value is -3.71. The summed E-state index contributed by atoms with van der Waals surface area (Å²) in [7, 11) is 0. The van der Waals surface area contributed by atoms with E-state index >= 15 is 0 Å². The highest BCUT2D eigenvalue weighted by atomic mass is 79.9. The van der Waals surface area contributed by atoms with Gasteiger partial charge in [-0.3, -0.25) is 0 Å². The van der Waals surface area contributed by atoms with E-state index in [-0.39, 0.29) is 17.3 Å². The SMILES string of the molecule is CCOc1cc(/C=C2\N=C(c3ccccc3C)OC2=O)cc(Br)c1OC(=O)c1cccc(C)c1. The summed E-state index contributed by atoms with van der Waals surface area (Å²) in [6, 6.07) is 18.1. The summed E-state index contributed by atoms with van der Waals surface area (Å²) in [5.74, 6) is -0.152. The summed E-state index contributed by atoms with van der Waals surface area (Å²) in [5.41, 5.74) is 3.90. The van der Waals surface area contributed by atoms with Crippen molar-refractivity contribution in [3.8, 4) is 11.5 Å². The molecule has 0 saturated heterocycles. The first-order chi connectivity index (χ1) is 16.4. The third-order valence-corrected chi connectivity index (χ3v) is 5.67. The van der Waals surface area contributed by atoms with Crippen LogP contribution in [0.1, 0.15) is 39.5 Å². The zero-order valence-corrected chi connectivity index (χ0v) is 20.5. The summed E-state index contributed by atoms with van der Waals surface area (Å²) in [4.78, 5) is 29.5. The number of ether oxygens (including phenoxy) is 3. The number of carbonyl (C=O) groups is 2. The molecule has 1 aliphatic rings. The molecule has 4 rings (SSSR count). The molecule has 0 bridgehead atoms. The van der Waals surface area contributed by atoms with Gasteiger partial charge in [0.1, 0.15) is 0 Å². The van der Waals surface area contributed by atoms with Crippen molar-refractivity contribution in [2.75, 3.05) is 6.61 Å². The van der Waals surface area contributed by atoms with Crippen LogP contribution in [0.5, 0.6) is 11.5 Å². The van der Waals surface area contributed by atoms with Crippen molar-refractivity contribution in [2.24, 2.45) is 4.99 Å². The second kappa shape index (κ2) is 10.1. The number of hydrogen-bond donors (Lipinski definition) is 0. The van der Waals surface area contributed by atoms with E-state index in [9.17, 15) is 9.59 Å². The van der Waals surface area contributed by atoms with Crippen LogP contribution in [0.3, 0.4) is 0 Å². The average Bonchev–Trinajstić information content (AvgIpc) is 3.16. The highest BCUT2D eigenvalue weighted by molar-refractivity contribution is 9.10. The first-order valence-corrected chi connectivity index (χ1v) is 11.5. The van der Waals surface area contributed by atoms with Gasteiger partial charge in [0.25, 0.3) is 0 Å². The Bertz CT molecular complexity index is 1340. The van der Waals surface area contributed by atoms with E-state index in [2.05, 4.69) is 20.9 Å². The van der Waals surface area contributed by atoms with Crippen molar-refractivity contribution in [2.45, 2.75) is 20.8 Å². The average molecular weight is 520 g/mol. The Morgan fingerprint density at radius 1 is 1.09 bits per heavy atom. The molecule has 0 unspecified atom stereocenters. The van der Waals surface area contributed by atoms with Gasteiger partial charge in [0.2, 0.25) is 5.90 Å². The molecule has 0 radical (unpaired) electrons. The number of rotatable bonds is 6. The summed E-state index contributed by atoms with van der Waals surface area (Å²) in [6.07, 6.45) is 1.60. The predicted molar refractivity (Wildman–Crippen MR) is 133 cm³/mol. The van der Waals surface area contributed by atoms with Crippen molar-refractivity contribution in [3.05, 3.63) is 98.7 Å². The Balaban J connectivity index is 1.66. The maximum atomic E-state index is 12.7. The van der Waals surface area contributed by atoms with E-state index in [0.29, 0.717) is 28.0 Å². The Kier molecular flexibility index (Phi) is 6.93. The zero-order valence-electron chi connectivity index (χ0n) is 18.9. The number of aryl methyl sites for hydroxylation is 2. The van der Waals surface area contributed by atoms with Gasteiger partial charge in [0, 0.05) is 5.56 Å². The van der Waals surface area contributed by atoms with E-state index in [0.717, 1.165) is 16.7 Å². The van der Waals surface area contributed by atoms with Gasteiger partial charge >= 0.3 is 11.9 Å². The van der Waals surface area contributed by atoms with E-state index in [1.807, 2.05) is 51.1 Å². The van der Waals surface area contributed by atoms with E-state index < -0.39 is 11.9 Å². The van der Waals surface area contributed by atoms with Crippen molar-refractivity contribution < 1.29 is 23.8 Å². The molecular formula is C27H22BrNO5. The van der Waals surface area contributed by atoms with Crippen LogP contribution in [0.4, 0.5) is 0 Å². The van der Waals surface area contributed by atoms with Crippen molar-refractivity contribution in [1.82, 2.24) is 0 Å². The summed E-state index contributed by atoms with van der Waals surface area (Å²) >= 11 is 3.47. The topological polar surface area (TPSA) is 74.2 Å². The van der Waals surface area contributed by atoms with E-state index in [1.165, 1.54) is 0 Å². The molecule has 34 heavy (non-hydrogen) atoms. The maximum absolute atomic E-state index is 12.7. The number of cyclic esters (lactones) is 1. The molecule has 0 saturated carbocycles. The predicted octanol–water partition coefficient (Wildman–Crippen LogP) is 6.03. The van der Waals surface area contributed by atoms with Gasteiger partial charge in [-0.25, -0.2) is 14.6 Å². The van der Waals surface area contributed by atoms with Crippen LogP contribution in [0.15, 0.2) is 75.8 Å². The minimum atomic E-state index is -0.540. The smallest absolute Gasteiger partial charge is 0.363 e. The molecule has 3 aromatic rings. The summed E-state index contributed by atoms with van der Waals surface area (Å²) in [6.45, 7) is 6.02. The second-order valence-electron chi connectivity index (χ2n) is 7.67. The van der Waals surface area contributed by atoms with Gasteiger partial charge in [-0.05, 0) is 84.2 Å². The van der Waals surface area contributed by atoms with Crippen molar-refractivity contribution in [1.29, 1.82) is 0 Å². The minimum Gasteiger partial charge on any atom is -0.490 e. The lowest BCUT2D eigenvalue weighted by Gasteiger charge is -2.14. The molecule has 1 aliphatic heterocycles. The second-order valence-corrected chi connectivity index (χ2v) is 8.53. The zero-order chi connectivity index (χ0) is 24.2. The lowest BCUT2D eigenvalue weighted by atomic mass is 10.1. The van der Waals surface area contributed by atoms with Crippen LogP contribution < -0.4 is 9.47 Å². The van der Waals surface area contributed by atoms with E-state index in [4.69, 9.17) is 14.2 Å². The highest BCUT2D eigenvalue weighted by Crippen LogP contribution is 2.38. The lowest BCUT2D eigenvalue weighted by molar-refractivity contribution is -0.129. The maximum Gasteiger partial charge on any atom is 0.363 e. The molecule has 6 nitrogen and oxygen atoms in total. The van der Waals surface area contributed by atoms with Crippen molar-refractivity contribution >= 4 is 39.8 Å². The van der Waals surface area contributed by atoms with Crippen LogP contribution in [-0.2, 0) is 9.53 Å². The molecule has 0 spiro atoms. The first-order valence-electron chi connectivity index (χ1n) is 10.7. The largest absolute Gasteiger partial charge is 0.490 e. The quantitative estimate of drug-likeness (QED) is 0.226. The Morgan fingerprint density at radius 2 is 1.88 bits per heavy atom. The fourth-order valence-electron chi connectivity index (χ4n) is 3.45. The van der Waals surface area contributed by atoms with Crippen LogP contribution in [0.2, 0.25) is 0 Å². The molecule has 0 aliphatic carbocycles. The summed E-state index contributed by atoms with van der Waals surface area (Å²) in [5, 5.41) is 0. The van der Waals surface area contributed by atoms with Crippen LogP contribution in [-0.4, -0.2) is 24.4 Å². The number of hydrogen-bond acceptors (Lipinski definition) is 6. The number of nitrogens with zero attached hydrogens (tertiary/aromatic N) is 1. The normalized spacial score (nSPS) is 14.1. The number of aliphatic imine (C=N–C) groups is 1. The molecule has 1 heterocycles. The van der Waals surface area contributed by atoms with Gasteiger partial charge in [0.15, 0.2) is 17.2 Å². The first kappa shape index (κ1) is 23.4. The summed E-state index contributed by atoms with van der Waals surface area (Å²) < 4.78 is 17.3. The van der Waals surface area contributed by atoms with Gasteiger partial charge in [0.05, 0.1) is 16.6 Å². The lowest BCUT2D eigenvalue weighted by Crippen LogP contribution is -2.10. The molecule has 172 valence electrons. The van der Waals surface area contributed by atoms with Crippen LogP contribution in [0, 0.1) is 13.8 Å². The third-order valence-electron chi connectivity index (χ3n) is 5.08. The monoisotopic (exact) mass is 519 g/mol. The van der Waals surface area contributed by atoms with Crippen LogP contribution >= 0.6 is 15.9 Å². The molecular weight excluding hydrogens is 498 g/mol. The van der Waals surface area contributed by atoms with Crippen molar-refractivity contribution in [3.63, 3.8) is 0 Å². The highest BCUT2D eigenvalue weighted by Gasteiger charge is 2.25. The fraction of sp³-hybridized carbons (Fsp3) is 0.148. The molecule has 7 heteroatoms. The van der Waals surface area contributed by atoms with Gasteiger partial charge in [-0.2, -0.15) is 0 Å². The number of carbonyl (C=O) groups excluding carboxylic acids is 2. The molecule has 0 aromatic heterocycles. The molecule has 0 N–H and O–H groups in total. The molecule has 0 fully saturated rings. The molecule has 3 aromatic carbocycles. The molecule has 0 atom stereocenters. The fourth-order valence-corrected chi connectivity index (χ4v) is 3.99.